The minimum Gasteiger partial charge on any atom is -0.480 e. The smallest absolute Gasteiger partial charge is 0.325 e. The second-order valence-corrected chi connectivity index (χ2v) is 11.3. The maximum absolute atomic E-state index is 13.9. The molecule has 8 nitrogen and oxygen atoms in total. The van der Waals surface area contributed by atoms with Gasteiger partial charge >= 0.3 is 5.97 Å². The standard InChI is InChI=1S/C30H44N4O4/c1-7-20(5)25(31)27(36)34-24(26(35)32-21(6)28(37)38)17-30(16-15-19(4)12-10-11-18(2)3)22-13-8-9-14-23(22)33-29(30)34/h8-9,11,13-15,20-21,24-25,29,33H,7,10,12,16-17,31H2,1-6H3,(H,32,35)(H,37,38)/b19-15+/t20-,21-,24-,25-,29+,30+/m0/s1. The number of amides is 2. The number of nitrogens with zero attached hydrogens (tertiary/aromatic N) is 1. The Morgan fingerprint density at radius 3 is 2.53 bits per heavy atom. The number of fused-ring (bicyclic) bond motifs is 3. The second-order valence-electron chi connectivity index (χ2n) is 11.3. The molecule has 0 aromatic heterocycles. The molecule has 0 bridgehead atoms. The van der Waals surface area contributed by atoms with Crippen LogP contribution in [-0.4, -0.2) is 52.1 Å². The lowest BCUT2D eigenvalue weighted by molar-refractivity contribution is -0.144. The first-order chi connectivity index (χ1) is 17.9. The molecule has 6 atom stereocenters. The average Bonchev–Trinajstić information content (AvgIpc) is 3.36. The van der Waals surface area contributed by atoms with Crippen molar-refractivity contribution < 1.29 is 19.5 Å². The number of carbonyl (C=O) groups is 3. The molecule has 2 aliphatic rings. The summed E-state index contributed by atoms with van der Waals surface area (Å²) in [5.41, 5.74) is 10.4. The predicted molar refractivity (Wildman–Crippen MR) is 150 cm³/mol. The molecule has 2 amide bonds. The highest BCUT2D eigenvalue weighted by Gasteiger charge is 2.60. The van der Waals surface area contributed by atoms with Crippen molar-refractivity contribution in [1.82, 2.24) is 10.2 Å². The lowest BCUT2D eigenvalue weighted by Crippen LogP contribution is -2.58. The van der Waals surface area contributed by atoms with Crippen LogP contribution in [-0.2, 0) is 19.8 Å². The van der Waals surface area contributed by atoms with Crippen LogP contribution in [0, 0.1) is 5.92 Å². The van der Waals surface area contributed by atoms with Crippen molar-refractivity contribution in [2.75, 3.05) is 5.32 Å². The number of hydrogen-bond donors (Lipinski definition) is 4. The highest BCUT2D eigenvalue weighted by Crippen LogP contribution is 2.53. The molecule has 38 heavy (non-hydrogen) atoms. The summed E-state index contributed by atoms with van der Waals surface area (Å²) in [7, 11) is 0. The fraction of sp³-hybridized carbons (Fsp3) is 0.567. The van der Waals surface area contributed by atoms with E-state index >= 15 is 0 Å². The van der Waals surface area contributed by atoms with Gasteiger partial charge in [0.25, 0.3) is 0 Å². The largest absolute Gasteiger partial charge is 0.480 e. The monoisotopic (exact) mass is 524 g/mol. The number of para-hydroxylation sites is 1. The Balaban J connectivity index is 2.04. The van der Waals surface area contributed by atoms with Crippen molar-refractivity contribution >= 4 is 23.5 Å². The number of rotatable bonds is 11. The van der Waals surface area contributed by atoms with E-state index in [1.165, 1.54) is 18.1 Å². The fourth-order valence-electron chi connectivity index (χ4n) is 5.55. The molecule has 2 aliphatic heterocycles. The molecular formula is C30H44N4O4. The third-order valence-electron chi connectivity index (χ3n) is 8.19. The van der Waals surface area contributed by atoms with Crippen LogP contribution in [0.1, 0.15) is 79.2 Å². The van der Waals surface area contributed by atoms with Gasteiger partial charge in [-0.1, -0.05) is 61.8 Å². The first-order valence-electron chi connectivity index (χ1n) is 13.7. The van der Waals surface area contributed by atoms with Crippen LogP contribution in [0.15, 0.2) is 47.6 Å². The van der Waals surface area contributed by atoms with Crippen molar-refractivity contribution in [2.45, 2.75) is 103 Å². The highest BCUT2D eigenvalue weighted by molar-refractivity contribution is 5.94. The second kappa shape index (κ2) is 12.2. The summed E-state index contributed by atoms with van der Waals surface area (Å²) < 4.78 is 0. The molecule has 0 spiro atoms. The van der Waals surface area contributed by atoms with Gasteiger partial charge in [-0.25, -0.2) is 0 Å². The van der Waals surface area contributed by atoms with E-state index in [-0.39, 0.29) is 11.8 Å². The van der Waals surface area contributed by atoms with Gasteiger partial charge in [0.2, 0.25) is 11.8 Å². The molecule has 0 aliphatic carbocycles. The summed E-state index contributed by atoms with van der Waals surface area (Å²) in [6, 6.07) is 5.31. The van der Waals surface area contributed by atoms with Crippen molar-refractivity contribution in [2.24, 2.45) is 11.7 Å². The fourth-order valence-corrected chi connectivity index (χ4v) is 5.55. The van der Waals surface area contributed by atoms with Gasteiger partial charge in [-0.05, 0) is 70.9 Å². The molecular weight excluding hydrogens is 480 g/mol. The molecule has 1 aromatic rings. The van der Waals surface area contributed by atoms with Gasteiger partial charge in [-0.2, -0.15) is 0 Å². The zero-order chi connectivity index (χ0) is 28.2. The van der Waals surface area contributed by atoms with Crippen LogP contribution >= 0.6 is 0 Å². The van der Waals surface area contributed by atoms with Crippen LogP contribution in [0.3, 0.4) is 0 Å². The van der Waals surface area contributed by atoms with Crippen molar-refractivity contribution in [3.8, 4) is 0 Å². The Labute approximate surface area is 226 Å². The molecule has 208 valence electrons. The van der Waals surface area contributed by atoms with Gasteiger partial charge in [-0.15, -0.1) is 0 Å². The third kappa shape index (κ3) is 5.96. The summed E-state index contributed by atoms with van der Waals surface area (Å²) in [4.78, 5) is 40.5. The van der Waals surface area contributed by atoms with E-state index in [2.05, 4.69) is 49.6 Å². The number of nitrogens with two attached hydrogens (primary N) is 1. The highest BCUT2D eigenvalue weighted by atomic mass is 16.4. The van der Waals surface area contributed by atoms with E-state index in [9.17, 15) is 19.5 Å². The van der Waals surface area contributed by atoms with Crippen LogP contribution < -0.4 is 16.4 Å². The summed E-state index contributed by atoms with van der Waals surface area (Å²) in [5.74, 6) is -1.96. The van der Waals surface area contributed by atoms with Gasteiger partial charge in [-0.3, -0.25) is 14.4 Å². The number of benzene rings is 1. The van der Waals surface area contributed by atoms with Crippen LogP contribution in [0.2, 0.25) is 0 Å². The average molecular weight is 525 g/mol. The number of carboxylic acid groups (broad SMARTS) is 1. The van der Waals surface area contributed by atoms with Crippen LogP contribution in [0.5, 0.6) is 0 Å². The van der Waals surface area contributed by atoms with Crippen LogP contribution in [0.4, 0.5) is 5.69 Å². The number of nitrogens with one attached hydrogen (secondary N) is 2. The van der Waals surface area contributed by atoms with E-state index in [1.807, 2.05) is 32.0 Å². The number of anilines is 1. The number of allylic oxidation sites excluding steroid dienone is 4. The van der Waals surface area contributed by atoms with E-state index in [4.69, 9.17) is 5.73 Å². The third-order valence-corrected chi connectivity index (χ3v) is 8.19. The maximum atomic E-state index is 13.9. The van der Waals surface area contributed by atoms with Crippen molar-refractivity contribution in [3.63, 3.8) is 0 Å². The van der Waals surface area contributed by atoms with Gasteiger partial charge in [0, 0.05) is 11.1 Å². The number of aliphatic carboxylic acids is 1. The first-order valence-corrected chi connectivity index (χ1v) is 13.7. The van der Waals surface area contributed by atoms with Gasteiger partial charge in [0.15, 0.2) is 0 Å². The zero-order valence-corrected chi connectivity index (χ0v) is 23.6. The Morgan fingerprint density at radius 1 is 1.21 bits per heavy atom. The van der Waals surface area contributed by atoms with Gasteiger partial charge in [0.05, 0.1) is 6.04 Å². The summed E-state index contributed by atoms with van der Waals surface area (Å²) >= 11 is 0. The lowest BCUT2D eigenvalue weighted by atomic mass is 9.74. The van der Waals surface area contributed by atoms with E-state index in [0.29, 0.717) is 12.8 Å². The minimum absolute atomic E-state index is 0.0693. The lowest BCUT2D eigenvalue weighted by Gasteiger charge is -2.35. The Kier molecular flexibility index (Phi) is 9.41. The molecule has 0 saturated carbocycles. The van der Waals surface area contributed by atoms with Gasteiger partial charge < -0.3 is 26.4 Å². The molecule has 0 radical (unpaired) electrons. The zero-order valence-electron chi connectivity index (χ0n) is 23.6. The normalized spacial score (nSPS) is 24.5. The summed E-state index contributed by atoms with van der Waals surface area (Å²) in [6.45, 7) is 11.6. The Hall–Kier alpha value is -3.13. The van der Waals surface area contributed by atoms with Crippen molar-refractivity contribution in [3.05, 3.63) is 53.1 Å². The molecule has 1 aromatic carbocycles. The minimum atomic E-state index is -1.13. The molecule has 1 fully saturated rings. The number of hydrogen-bond acceptors (Lipinski definition) is 5. The number of likely N-dealkylation sites (tertiary alicyclic amines) is 1. The molecule has 5 N–H and O–H groups in total. The Morgan fingerprint density at radius 2 is 1.89 bits per heavy atom. The quantitative estimate of drug-likeness (QED) is 0.320. The van der Waals surface area contributed by atoms with Crippen LogP contribution in [0.25, 0.3) is 0 Å². The predicted octanol–water partition coefficient (Wildman–Crippen LogP) is 4.32. The number of carbonyl (C=O) groups excluding carboxylic acids is 2. The van der Waals surface area contributed by atoms with Gasteiger partial charge in [0.1, 0.15) is 18.2 Å². The Bertz CT molecular complexity index is 1110. The first kappa shape index (κ1) is 29.4. The SMILES string of the molecule is CC[C@H](C)[C@H](N)C(=O)N1[C@H]2Nc3ccccc3[C@@]2(C/C=C(\C)CCC=C(C)C)C[C@H]1C(=O)N[C@@H](C)C(=O)O. The topological polar surface area (TPSA) is 125 Å². The maximum Gasteiger partial charge on any atom is 0.325 e. The van der Waals surface area contributed by atoms with Crippen molar-refractivity contribution in [1.29, 1.82) is 0 Å². The summed E-state index contributed by atoms with van der Waals surface area (Å²) in [5, 5.41) is 15.5. The molecule has 3 rings (SSSR count). The number of carboxylic acids is 1. The molecule has 1 saturated heterocycles. The van der Waals surface area contributed by atoms with E-state index in [0.717, 1.165) is 30.5 Å². The molecule has 8 heteroatoms. The molecule has 2 heterocycles. The molecule has 0 unspecified atom stereocenters. The summed E-state index contributed by atoms with van der Waals surface area (Å²) in [6.07, 6.45) is 7.61. The van der Waals surface area contributed by atoms with E-state index in [1.54, 1.807) is 4.90 Å². The van der Waals surface area contributed by atoms with E-state index < -0.39 is 41.6 Å².